The Hall–Kier alpha value is -4.29. The molecule has 1 saturated heterocycles. The van der Waals surface area contributed by atoms with Gasteiger partial charge in [-0.25, -0.2) is 19.0 Å². The molecule has 9 heteroatoms. The average molecular weight is 439 g/mol. The number of halogens is 1. The van der Waals surface area contributed by atoms with Gasteiger partial charge in [0.2, 0.25) is 0 Å². The van der Waals surface area contributed by atoms with Crippen LogP contribution < -0.4 is 10.6 Å². The Balaban J connectivity index is 1.55. The van der Waals surface area contributed by atoms with Gasteiger partial charge in [-0.15, -0.1) is 0 Å². The summed E-state index contributed by atoms with van der Waals surface area (Å²) in [7, 11) is 0. The van der Waals surface area contributed by atoms with E-state index in [9.17, 15) is 9.65 Å². The molecule has 4 heterocycles. The highest BCUT2D eigenvalue weighted by molar-refractivity contribution is 5.90. The highest BCUT2D eigenvalue weighted by Gasteiger charge is 2.50. The van der Waals surface area contributed by atoms with Crippen LogP contribution in [0.3, 0.4) is 0 Å². The lowest BCUT2D eigenvalue weighted by Gasteiger charge is -2.26. The monoisotopic (exact) mass is 439 g/mol. The minimum Gasteiger partial charge on any atom is -0.383 e. The van der Waals surface area contributed by atoms with E-state index >= 15 is 0 Å². The number of allylic oxidation sites excluding steroid dienone is 1. The summed E-state index contributed by atoms with van der Waals surface area (Å²) in [6.45, 7) is 2.27. The molecule has 6 rings (SSSR count). The summed E-state index contributed by atoms with van der Waals surface area (Å²) >= 11 is 0. The number of nitrogens with two attached hydrogens (primary N) is 1. The van der Waals surface area contributed by atoms with Crippen molar-refractivity contribution in [3.8, 4) is 6.07 Å². The van der Waals surface area contributed by atoms with Gasteiger partial charge < -0.3 is 15.4 Å². The van der Waals surface area contributed by atoms with E-state index in [1.165, 1.54) is 12.4 Å². The average Bonchev–Trinajstić information content (AvgIpc) is 3.50. The first-order valence-corrected chi connectivity index (χ1v) is 10.4. The smallest absolute Gasteiger partial charge is 0.175 e. The van der Waals surface area contributed by atoms with Crippen molar-refractivity contribution in [2.24, 2.45) is 0 Å². The largest absolute Gasteiger partial charge is 0.383 e. The lowest BCUT2D eigenvalue weighted by molar-refractivity contribution is 0.368. The van der Waals surface area contributed by atoms with E-state index in [2.05, 4.69) is 21.1 Å². The second-order valence-corrected chi connectivity index (χ2v) is 8.06. The zero-order valence-electron chi connectivity index (χ0n) is 17.6. The second-order valence-electron chi connectivity index (χ2n) is 8.06. The first-order valence-electron chi connectivity index (χ1n) is 10.4. The summed E-state index contributed by atoms with van der Waals surface area (Å²) in [5, 5.41) is 14.4. The molecular weight excluding hydrogens is 421 g/mol. The third-order valence-corrected chi connectivity index (χ3v) is 6.09. The maximum atomic E-state index is 15.0. The summed E-state index contributed by atoms with van der Waals surface area (Å²) in [6.07, 6.45) is 2.84. The Kier molecular flexibility index (Phi) is 4.18. The molecule has 162 valence electrons. The van der Waals surface area contributed by atoms with E-state index in [-0.39, 0.29) is 36.2 Å². The van der Waals surface area contributed by atoms with Crippen LogP contribution in [0.4, 0.5) is 15.9 Å². The molecule has 0 aliphatic carbocycles. The van der Waals surface area contributed by atoms with Gasteiger partial charge >= 0.3 is 0 Å². The van der Waals surface area contributed by atoms with E-state index < -0.39 is 0 Å². The van der Waals surface area contributed by atoms with Crippen molar-refractivity contribution in [2.45, 2.75) is 25.8 Å². The Bertz CT molecular complexity index is 1500. The Morgan fingerprint density at radius 2 is 2.03 bits per heavy atom. The number of benzene rings is 2. The van der Waals surface area contributed by atoms with Gasteiger partial charge in [0.15, 0.2) is 17.6 Å². The molecule has 0 spiro atoms. The number of fused-ring (bicyclic) bond motifs is 4. The molecule has 2 N–H and O–H groups in total. The summed E-state index contributed by atoms with van der Waals surface area (Å²) in [5.74, 6) is -0.162. The standard InChI is InChI=1S/C24H18FN7O/c1-13-5-4-6-14-9-15(11-31-23-20(17(10-26)30-31)22(27)28-12-29-23)32(24-21(33-24)19(13)14)18-8-3-2-7-16(18)25/h2-9,12,21,24H,11H2,1H3,(H2,27,28,29). The molecule has 0 saturated carbocycles. The molecule has 2 unspecified atom stereocenters. The lowest BCUT2D eigenvalue weighted by atomic mass is 9.99. The molecule has 1 fully saturated rings. The van der Waals surface area contributed by atoms with Crippen LogP contribution in [0.2, 0.25) is 0 Å². The Labute approximate surface area is 188 Å². The van der Waals surface area contributed by atoms with Crippen LogP contribution in [0, 0.1) is 24.1 Å². The van der Waals surface area contributed by atoms with Gasteiger partial charge in [0.05, 0.1) is 17.6 Å². The number of rotatable bonds is 3. The number of ether oxygens (including phenoxy) is 1. The molecule has 33 heavy (non-hydrogen) atoms. The van der Waals surface area contributed by atoms with Gasteiger partial charge in [0.25, 0.3) is 0 Å². The van der Waals surface area contributed by atoms with Gasteiger partial charge in [-0.3, -0.25) is 0 Å². The van der Waals surface area contributed by atoms with E-state index in [0.717, 1.165) is 22.4 Å². The van der Waals surface area contributed by atoms with Gasteiger partial charge in [-0.05, 0) is 41.8 Å². The summed E-state index contributed by atoms with van der Waals surface area (Å²) in [5.41, 5.74) is 11.0. The third-order valence-electron chi connectivity index (χ3n) is 6.09. The zero-order valence-corrected chi connectivity index (χ0v) is 17.6. The van der Waals surface area contributed by atoms with Crippen molar-refractivity contribution in [3.05, 3.63) is 82.7 Å². The topological polar surface area (TPSA) is 109 Å². The quantitative estimate of drug-likeness (QED) is 0.485. The van der Waals surface area contributed by atoms with Crippen LogP contribution in [0.1, 0.15) is 28.5 Å². The summed E-state index contributed by atoms with van der Waals surface area (Å²) in [6, 6.07) is 14.7. The fourth-order valence-corrected chi connectivity index (χ4v) is 4.58. The number of aryl methyl sites for hydroxylation is 1. The van der Waals surface area contributed by atoms with Gasteiger partial charge in [-0.1, -0.05) is 30.3 Å². The number of hydrogen-bond acceptors (Lipinski definition) is 7. The first-order chi connectivity index (χ1) is 16.1. The van der Waals surface area contributed by atoms with E-state index in [4.69, 9.17) is 10.5 Å². The number of nitrogen functional groups attached to an aromatic ring is 1. The third kappa shape index (κ3) is 2.96. The van der Waals surface area contributed by atoms with Gasteiger partial charge in [0, 0.05) is 5.70 Å². The molecule has 4 aromatic rings. The summed E-state index contributed by atoms with van der Waals surface area (Å²) in [4.78, 5) is 10.2. The fraction of sp³-hybridized carbons (Fsp3) is 0.167. The number of epoxide rings is 1. The van der Waals surface area contributed by atoms with Crippen LogP contribution in [0.5, 0.6) is 0 Å². The van der Waals surface area contributed by atoms with Crippen LogP contribution >= 0.6 is 0 Å². The molecule has 2 aliphatic rings. The van der Waals surface area contributed by atoms with Crippen LogP contribution in [0.15, 0.2) is 54.5 Å². The number of para-hydroxylation sites is 1. The molecule has 2 atom stereocenters. The Morgan fingerprint density at radius 3 is 2.85 bits per heavy atom. The summed E-state index contributed by atoms with van der Waals surface area (Å²) < 4.78 is 22.6. The normalized spacial score (nSPS) is 18.8. The minimum atomic E-state index is -0.354. The van der Waals surface area contributed by atoms with Crippen molar-refractivity contribution in [1.29, 1.82) is 5.26 Å². The number of anilines is 2. The van der Waals surface area contributed by atoms with Crippen molar-refractivity contribution < 1.29 is 9.13 Å². The van der Waals surface area contributed by atoms with Crippen LogP contribution in [-0.2, 0) is 11.3 Å². The molecule has 2 aromatic carbocycles. The lowest BCUT2D eigenvalue weighted by Crippen LogP contribution is -2.29. The molecule has 0 bridgehead atoms. The predicted molar refractivity (Wildman–Crippen MR) is 120 cm³/mol. The highest BCUT2D eigenvalue weighted by atomic mass is 19.1. The maximum Gasteiger partial charge on any atom is 0.175 e. The first kappa shape index (κ1) is 19.4. The second kappa shape index (κ2) is 7.12. The molecule has 0 amide bonds. The van der Waals surface area contributed by atoms with Crippen molar-refractivity contribution in [3.63, 3.8) is 0 Å². The maximum absolute atomic E-state index is 15.0. The molecule has 0 radical (unpaired) electrons. The van der Waals surface area contributed by atoms with E-state index in [1.807, 2.05) is 36.1 Å². The van der Waals surface area contributed by atoms with Crippen molar-refractivity contribution in [2.75, 3.05) is 10.6 Å². The van der Waals surface area contributed by atoms with Crippen molar-refractivity contribution in [1.82, 2.24) is 19.7 Å². The molecule has 2 aromatic heterocycles. The van der Waals surface area contributed by atoms with Crippen molar-refractivity contribution >= 4 is 28.6 Å². The SMILES string of the molecule is Cc1cccc2c1C1OC1N(c1ccccc1F)C(Cn1nc(C#N)c3c(N)ncnc31)=C2. The van der Waals surface area contributed by atoms with E-state index in [1.54, 1.807) is 22.9 Å². The molecule has 2 aliphatic heterocycles. The number of nitrogens with zero attached hydrogens (tertiary/aromatic N) is 6. The molecule has 8 nitrogen and oxygen atoms in total. The van der Waals surface area contributed by atoms with Crippen LogP contribution in [0.25, 0.3) is 17.1 Å². The van der Waals surface area contributed by atoms with Gasteiger partial charge in [0.1, 0.15) is 30.1 Å². The zero-order chi connectivity index (χ0) is 22.7. The highest BCUT2D eigenvalue weighted by Crippen LogP contribution is 2.50. The minimum absolute atomic E-state index is 0.145. The number of hydrogen-bond donors (Lipinski definition) is 1. The van der Waals surface area contributed by atoms with Crippen LogP contribution in [-0.4, -0.2) is 26.0 Å². The number of nitriles is 1. The predicted octanol–water partition coefficient (Wildman–Crippen LogP) is 3.69. The van der Waals surface area contributed by atoms with E-state index in [0.29, 0.717) is 16.7 Å². The molecular formula is C24H18FN7O. The fourth-order valence-electron chi connectivity index (χ4n) is 4.58. The van der Waals surface area contributed by atoms with Gasteiger partial charge in [-0.2, -0.15) is 10.4 Å². The Morgan fingerprint density at radius 1 is 1.18 bits per heavy atom. The number of aromatic nitrogens is 4.